The van der Waals surface area contributed by atoms with Gasteiger partial charge in [-0.25, -0.2) is 9.78 Å². The first-order valence-corrected chi connectivity index (χ1v) is 7.27. The summed E-state index contributed by atoms with van der Waals surface area (Å²) in [5.74, 6) is 0.519. The largest absolute Gasteiger partial charge is 0.396 e. The molecule has 0 saturated carbocycles. The molecule has 1 atom stereocenters. The lowest BCUT2D eigenvalue weighted by Gasteiger charge is -2.18. The summed E-state index contributed by atoms with van der Waals surface area (Å²) in [4.78, 5) is 16.4. The van der Waals surface area contributed by atoms with Crippen molar-refractivity contribution in [3.63, 3.8) is 0 Å². The van der Waals surface area contributed by atoms with Gasteiger partial charge in [0.1, 0.15) is 5.82 Å². The predicted octanol–water partition coefficient (Wildman–Crippen LogP) is 2.94. The van der Waals surface area contributed by atoms with E-state index >= 15 is 0 Å². The Morgan fingerprint density at radius 3 is 2.59 bits per heavy atom. The Morgan fingerprint density at radius 2 is 1.95 bits per heavy atom. The van der Waals surface area contributed by atoms with Gasteiger partial charge in [0.05, 0.1) is 6.04 Å². The van der Waals surface area contributed by atoms with Gasteiger partial charge < -0.3 is 10.4 Å². The molecule has 0 unspecified atom stereocenters. The fourth-order valence-electron chi connectivity index (χ4n) is 2.35. The van der Waals surface area contributed by atoms with Crippen LogP contribution in [0.4, 0.5) is 10.6 Å². The van der Waals surface area contributed by atoms with Crippen LogP contribution in [0.5, 0.6) is 0 Å². The Labute approximate surface area is 130 Å². The van der Waals surface area contributed by atoms with Gasteiger partial charge in [0.25, 0.3) is 0 Å². The molecule has 0 aliphatic heterocycles. The number of aryl methyl sites for hydroxylation is 2. The number of amides is 2. The summed E-state index contributed by atoms with van der Waals surface area (Å²) in [5.41, 5.74) is 2.85. The van der Waals surface area contributed by atoms with Gasteiger partial charge in [0.15, 0.2) is 0 Å². The molecule has 0 fully saturated rings. The van der Waals surface area contributed by atoms with Crippen LogP contribution in [0.25, 0.3) is 0 Å². The summed E-state index contributed by atoms with van der Waals surface area (Å²) >= 11 is 0. The second-order valence-corrected chi connectivity index (χ2v) is 5.25. The number of anilines is 1. The summed E-state index contributed by atoms with van der Waals surface area (Å²) in [6.07, 6.45) is 0.456. The standard InChI is InChI=1S/C17H21N3O2/c1-12-10-13(2)18-16(11-12)20-17(22)19-15(8-9-21)14-6-4-3-5-7-14/h3-7,10-11,15,21H,8-9H2,1-2H3,(H2,18,19,20,22)/t15-/m1/s1. The monoisotopic (exact) mass is 299 g/mol. The van der Waals surface area contributed by atoms with Crippen molar-refractivity contribution in [1.29, 1.82) is 0 Å². The van der Waals surface area contributed by atoms with Gasteiger partial charge >= 0.3 is 6.03 Å². The Hall–Kier alpha value is -2.40. The van der Waals surface area contributed by atoms with E-state index in [2.05, 4.69) is 15.6 Å². The number of aromatic nitrogens is 1. The quantitative estimate of drug-likeness (QED) is 0.794. The maximum Gasteiger partial charge on any atom is 0.320 e. The van der Waals surface area contributed by atoms with E-state index < -0.39 is 0 Å². The average Bonchev–Trinajstić information content (AvgIpc) is 2.46. The first-order valence-electron chi connectivity index (χ1n) is 7.27. The maximum atomic E-state index is 12.1. The van der Waals surface area contributed by atoms with Crippen molar-refractivity contribution in [1.82, 2.24) is 10.3 Å². The molecule has 116 valence electrons. The molecule has 0 aliphatic carbocycles. The van der Waals surface area contributed by atoms with E-state index in [1.54, 1.807) is 0 Å². The van der Waals surface area contributed by atoms with Crippen LogP contribution in [0.15, 0.2) is 42.5 Å². The fourth-order valence-corrected chi connectivity index (χ4v) is 2.35. The number of aliphatic hydroxyl groups excluding tert-OH is 1. The van der Waals surface area contributed by atoms with Crippen molar-refractivity contribution in [3.05, 3.63) is 59.3 Å². The van der Waals surface area contributed by atoms with E-state index in [1.807, 2.05) is 56.3 Å². The van der Waals surface area contributed by atoms with Crippen molar-refractivity contribution < 1.29 is 9.90 Å². The topological polar surface area (TPSA) is 74.2 Å². The molecule has 2 rings (SSSR count). The number of aliphatic hydroxyl groups is 1. The zero-order chi connectivity index (χ0) is 15.9. The van der Waals surface area contributed by atoms with Crippen LogP contribution in [0.3, 0.4) is 0 Å². The van der Waals surface area contributed by atoms with Gasteiger partial charge in [-0.1, -0.05) is 30.3 Å². The number of carbonyl (C=O) groups excluding carboxylic acids is 1. The molecule has 0 radical (unpaired) electrons. The summed E-state index contributed by atoms with van der Waals surface area (Å²) in [7, 11) is 0. The first-order chi connectivity index (χ1) is 10.6. The minimum atomic E-state index is -0.334. The molecule has 0 saturated heterocycles. The number of hydrogen-bond acceptors (Lipinski definition) is 3. The third-order valence-corrected chi connectivity index (χ3v) is 3.26. The van der Waals surface area contributed by atoms with Crippen LogP contribution in [0.2, 0.25) is 0 Å². The number of pyridine rings is 1. The molecule has 0 spiro atoms. The summed E-state index contributed by atoms with van der Waals surface area (Å²) in [5, 5.41) is 14.8. The molecule has 1 aromatic heterocycles. The first kappa shape index (κ1) is 16.0. The van der Waals surface area contributed by atoms with E-state index in [0.717, 1.165) is 16.8 Å². The second-order valence-electron chi connectivity index (χ2n) is 5.25. The molecule has 3 N–H and O–H groups in total. The summed E-state index contributed by atoms with van der Waals surface area (Å²) in [6.45, 7) is 3.84. The van der Waals surface area contributed by atoms with Crippen LogP contribution in [-0.2, 0) is 0 Å². The fraction of sp³-hybridized carbons (Fsp3) is 0.294. The molecule has 2 aromatic rings. The molecule has 1 heterocycles. The number of hydrogen-bond donors (Lipinski definition) is 3. The van der Waals surface area contributed by atoms with Crippen LogP contribution in [0.1, 0.15) is 29.3 Å². The van der Waals surface area contributed by atoms with E-state index in [1.165, 1.54) is 0 Å². The van der Waals surface area contributed by atoms with Gasteiger partial charge in [-0.05, 0) is 43.5 Å². The number of nitrogens with one attached hydrogen (secondary N) is 2. The Bertz CT molecular complexity index is 609. The molecule has 5 heteroatoms. The van der Waals surface area contributed by atoms with E-state index in [0.29, 0.717) is 12.2 Å². The van der Waals surface area contributed by atoms with Crippen LogP contribution >= 0.6 is 0 Å². The Kier molecular flexibility index (Phi) is 5.49. The number of rotatable bonds is 5. The maximum absolute atomic E-state index is 12.1. The van der Waals surface area contributed by atoms with Gasteiger partial charge in [-0.3, -0.25) is 5.32 Å². The predicted molar refractivity (Wildman–Crippen MR) is 86.8 cm³/mol. The molecule has 22 heavy (non-hydrogen) atoms. The number of nitrogens with zero attached hydrogens (tertiary/aromatic N) is 1. The second kappa shape index (κ2) is 7.56. The molecular weight excluding hydrogens is 278 g/mol. The highest BCUT2D eigenvalue weighted by Gasteiger charge is 2.14. The highest BCUT2D eigenvalue weighted by molar-refractivity contribution is 5.88. The van der Waals surface area contributed by atoms with Crippen molar-refractivity contribution in [2.24, 2.45) is 0 Å². The number of carbonyl (C=O) groups is 1. The van der Waals surface area contributed by atoms with Gasteiger partial charge in [-0.15, -0.1) is 0 Å². The van der Waals surface area contributed by atoms with E-state index in [4.69, 9.17) is 0 Å². The Balaban J connectivity index is 2.05. The highest BCUT2D eigenvalue weighted by atomic mass is 16.3. The van der Waals surface area contributed by atoms with Gasteiger partial charge in [-0.2, -0.15) is 0 Å². The molecule has 1 aromatic carbocycles. The lowest BCUT2D eigenvalue weighted by atomic mass is 10.0. The average molecular weight is 299 g/mol. The van der Waals surface area contributed by atoms with E-state index in [9.17, 15) is 9.90 Å². The minimum absolute atomic E-state index is 0.00163. The highest BCUT2D eigenvalue weighted by Crippen LogP contribution is 2.16. The van der Waals surface area contributed by atoms with Crippen LogP contribution in [-0.4, -0.2) is 22.7 Å². The summed E-state index contributed by atoms with van der Waals surface area (Å²) < 4.78 is 0. The van der Waals surface area contributed by atoms with Crippen molar-refractivity contribution in [3.8, 4) is 0 Å². The zero-order valence-electron chi connectivity index (χ0n) is 12.8. The van der Waals surface area contributed by atoms with Crippen LogP contribution in [0, 0.1) is 13.8 Å². The van der Waals surface area contributed by atoms with Crippen molar-refractivity contribution in [2.45, 2.75) is 26.3 Å². The number of benzene rings is 1. The third-order valence-electron chi connectivity index (χ3n) is 3.26. The Morgan fingerprint density at radius 1 is 1.23 bits per heavy atom. The third kappa shape index (κ3) is 4.56. The zero-order valence-corrected chi connectivity index (χ0v) is 12.8. The molecule has 0 aliphatic rings. The lowest BCUT2D eigenvalue weighted by Crippen LogP contribution is -2.33. The summed E-state index contributed by atoms with van der Waals surface area (Å²) in [6, 6.07) is 12.8. The van der Waals surface area contributed by atoms with Crippen LogP contribution < -0.4 is 10.6 Å². The normalized spacial score (nSPS) is 11.8. The molecule has 5 nitrogen and oxygen atoms in total. The SMILES string of the molecule is Cc1cc(C)nc(NC(=O)N[C@H](CCO)c2ccccc2)c1. The number of urea groups is 1. The minimum Gasteiger partial charge on any atom is -0.396 e. The van der Waals surface area contributed by atoms with Gasteiger partial charge in [0.2, 0.25) is 0 Å². The van der Waals surface area contributed by atoms with E-state index in [-0.39, 0.29) is 18.7 Å². The lowest BCUT2D eigenvalue weighted by molar-refractivity contribution is 0.239. The van der Waals surface area contributed by atoms with Crippen molar-refractivity contribution in [2.75, 3.05) is 11.9 Å². The van der Waals surface area contributed by atoms with Crippen molar-refractivity contribution >= 4 is 11.8 Å². The molecule has 0 bridgehead atoms. The molecular formula is C17H21N3O2. The molecule has 2 amide bonds. The van der Waals surface area contributed by atoms with Gasteiger partial charge in [0, 0.05) is 12.3 Å². The smallest absolute Gasteiger partial charge is 0.320 e.